The van der Waals surface area contributed by atoms with Gasteiger partial charge in [-0.05, 0) is 19.9 Å². The summed E-state index contributed by atoms with van der Waals surface area (Å²) in [6.07, 6.45) is -0.207. The van der Waals surface area contributed by atoms with Gasteiger partial charge in [-0.15, -0.1) is 0 Å². The normalized spacial score (nSPS) is 14.2. The summed E-state index contributed by atoms with van der Waals surface area (Å²) in [5, 5.41) is 0. The van der Waals surface area contributed by atoms with Crippen molar-refractivity contribution in [2.45, 2.75) is 25.8 Å². The lowest BCUT2D eigenvalue weighted by Crippen LogP contribution is -2.37. The largest absolute Gasteiger partial charge is 0.466 e. The highest BCUT2D eigenvalue weighted by molar-refractivity contribution is 5.71. The average molecular weight is 243 g/mol. The minimum Gasteiger partial charge on any atom is -0.466 e. The molecule has 0 aliphatic carbocycles. The molecular weight excluding hydrogens is 228 g/mol. The first-order chi connectivity index (χ1) is 7.88. The molecule has 0 aliphatic heterocycles. The van der Waals surface area contributed by atoms with Gasteiger partial charge >= 0.3 is 5.97 Å². The smallest absolute Gasteiger partial charge is 0.307 e. The number of benzene rings is 1. The first kappa shape index (κ1) is 13.6. The van der Waals surface area contributed by atoms with Crippen LogP contribution in [0, 0.1) is 11.6 Å². The first-order valence-corrected chi connectivity index (χ1v) is 5.27. The highest BCUT2D eigenvalue weighted by atomic mass is 19.2. The molecule has 0 bridgehead atoms. The molecule has 0 fully saturated rings. The highest BCUT2D eigenvalue weighted by Crippen LogP contribution is 2.26. The minimum absolute atomic E-state index is 0.0365. The first-order valence-electron chi connectivity index (χ1n) is 5.27. The van der Waals surface area contributed by atoms with Crippen molar-refractivity contribution in [2.24, 2.45) is 5.73 Å². The van der Waals surface area contributed by atoms with Gasteiger partial charge in [0.2, 0.25) is 0 Å². The van der Waals surface area contributed by atoms with Gasteiger partial charge in [-0.25, -0.2) is 8.78 Å². The Hall–Kier alpha value is -1.49. The number of hydrogen-bond acceptors (Lipinski definition) is 3. The summed E-state index contributed by atoms with van der Waals surface area (Å²) < 4.78 is 31.3. The fraction of sp³-hybridized carbons (Fsp3) is 0.417. The quantitative estimate of drug-likeness (QED) is 0.824. The van der Waals surface area contributed by atoms with Crippen LogP contribution in [-0.2, 0) is 15.1 Å². The number of halogens is 2. The Morgan fingerprint density at radius 1 is 1.47 bits per heavy atom. The van der Waals surface area contributed by atoms with Gasteiger partial charge in [0.15, 0.2) is 11.6 Å². The summed E-state index contributed by atoms with van der Waals surface area (Å²) >= 11 is 0. The fourth-order valence-corrected chi connectivity index (χ4v) is 1.55. The maximum Gasteiger partial charge on any atom is 0.307 e. The van der Waals surface area contributed by atoms with E-state index in [1.165, 1.54) is 19.1 Å². The Morgan fingerprint density at radius 2 is 2.12 bits per heavy atom. The van der Waals surface area contributed by atoms with Crippen molar-refractivity contribution in [3.63, 3.8) is 0 Å². The lowest BCUT2D eigenvalue weighted by atomic mass is 9.89. The summed E-state index contributed by atoms with van der Waals surface area (Å²) in [5.41, 5.74) is 4.50. The molecule has 1 atom stereocenters. The van der Waals surface area contributed by atoms with Crippen molar-refractivity contribution in [3.05, 3.63) is 35.4 Å². The summed E-state index contributed by atoms with van der Waals surface area (Å²) in [5.74, 6) is -2.55. The van der Waals surface area contributed by atoms with Crippen molar-refractivity contribution >= 4 is 5.97 Å². The lowest BCUT2D eigenvalue weighted by Gasteiger charge is -2.24. The van der Waals surface area contributed by atoms with Crippen LogP contribution in [0.2, 0.25) is 0 Å². The SMILES string of the molecule is CCOC(=O)CC(C)(N)c1cccc(F)c1F. The van der Waals surface area contributed by atoms with Crippen LogP contribution in [0.25, 0.3) is 0 Å². The predicted molar refractivity (Wildman–Crippen MR) is 59.1 cm³/mol. The Kier molecular flexibility index (Phi) is 4.17. The Labute approximate surface area is 98.6 Å². The Morgan fingerprint density at radius 3 is 2.71 bits per heavy atom. The van der Waals surface area contributed by atoms with Gasteiger partial charge < -0.3 is 10.5 Å². The van der Waals surface area contributed by atoms with Gasteiger partial charge in [-0.3, -0.25) is 4.79 Å². The number of carbonyl (C=O) groups is 1. The second-order valence-corrected chi connectivity index (χ2v) is 4.00. The molecule has 1 aromatic rings. The van der Waals surface area contributed by atoms with Crippen LogP contribution in [0.4, 0.5) is 8.78 Å². The van der Waals surface area contributed by atoms with E-state index in [9.17, 15) is 13.6 Å². The molecule has 0 heterocycles. The Bertz CT molecular complexity index is 419. The summed E-state index contributed by atoms with van der Waals surface area (Å²) in [6, 6.07) is 3.71. The third-order valence-electron chi connectivity index (χ3n) is 2.38. The maximum atomic E-state index is 13.5. The second kappa shape index (κ2) is 5.23. The van der Waals surface area contributed by atoms with Crippen molar-refractivity contribution in [1.29, 1.82) is 0 Å². The maximum absolute atomic E-state index is 13.5. The van der Waals surface area contributed by atoms with E-state index in [0.717, 1.165) is 6.07 Å². The van der Waals surface area contributed by atoms with E-state index >= 15 is 0 Å². The topological polar surface area (TPSA) is 52.3 Å². The van der Waals surface area contributed by atoms with Crippen LogP contribution in [0.1, 0.15) is 25.8 Å². The van der Waals surface area contributed by atoms with Crippen LogP contribution in [0.3, 0.4) is 0 Å². The van der Waals surface area contributed by atoms with Crippen molar-refractivity contribution in [3.8, 4) is 0 Å². The molecule has 2 N–H and O–H groups in total. The van der Waals surface area contributed by atoms with Crippen LogP contribution >= 0.6 is 0 Å². The van der Waals surface area contributed by atoms with Gasteiger partial charge in [0.25, 0.3) is 0 Å². The van der Waals surface area contributed by atoms with E-state index in [1.54, 1.807) is 6.92 Å². The zero-order valence-electron chi connectivity index (χ0n) is 9.80. The van der Waals surface area contributed by atoms with E-state index in [4.69, 9.17) is 10.5 Å². The number of hydrogen-bond donors (Lipinski definition) is 1. The standard InChI is InChI=1S/C12H15F2NO2/c1-3-17-10(16)7-12(2,15)8-5-4-6-9(13)11(8)14/h4-6H,3,7,15H2,1-2H3. The third kappa shape index (κ3) is 3.23. The summed E-state index contributed by atoms with van der Waals surface area (Å²) in [6.45, 7) is 3.34. The van der Waals surface area contributed by atoms with E-state index in [0.29, 0.717) is 0 Å². The molecule has 3 nitrogen and oxygen atoms in total. The zero-order valence-corrected chi connectivity index (χ0v) is 9.80. The molecule has 1 aromatic carbocycles. The van der Waals surface area contributed by atoms with Crippen molar-refractivity contribution in [1.82, 2.24) is 0 Å². The number of ether oxygens (including phenoxy) is 1. The summed E-state index contributed by atoms with van der Waals surface area (Å²) in [4.78, 5) is 11.3. The predicted octanol–water partition coefficient (Wildman–Crippen LogP) is 2.09. The highest BCUT2D eigenvalue weighted by Gasteiger charge is 2.29. The molecule has 5 heteroatoms. The van der Waals surface area contributed by atoms with Crippen LogP contribution < -0.4 is 5.73 Å². The van der Waals surface area contributed by atoms with Crippen LogP contribution in [-0.4, -0.2) is 12.6 Å². The molecule has 0 spiro atoms. The summed E-state index contributed by atoms with van der Waals surface area (Å²) in [7, 11) is 0. The number of esters is 1. The fourth-order valence-electron chi connectivity index (χ4n) is 1.55. The average Bonchev–Trinajstić information content (AvgIpc) is 2.21. The monoisotopic (exact) mass is 243 g/mol. The molecule has 0 radical (unpaired) electrons. The van der Waals surface area contributed by atoms with E-state index < -0.39 is 23.1 Å². The van der Waals surface area contributed by atoms with Gasteiger partial charge in [0, 0.05) is 5.56 Å². The number of rotatable bonds is 4. The molecule has 1 unspecified atom stereocenters. The van der Waals surface area contributed by atoms with Gasteiger partial charge in [-0.1, -0.05) is 12.1 Å². The van der Waals surface area contributed by atoms with Gasteiger partial charge in [0.1, 0.15) is 0 Å². The lowest BCUT2D eigenvalue weighted by molar-refractivity contribution is -0.144. The molecule has 0 saturated heterocycles. The molecule has 0 aliphatic rings. The van der Waals surface area contributed by atoms with Gasteiger partial charge in [0.05, 0.1) is 18.6 Å². The number of carbonyl (C=O) groups excluding carboxylic acids is 1. The van der Waals surface area contributed by atoms with E-state index in [-0.39, 0.29) is 18.6 Å². The zero-order chi connectivity index (χ0) is 13.1. The van der Waals surface area contributed by atoms with Crippen molar-refractivity contribution < 1.29 is 18.3 Å². The van der Waals surface area contributed by atoms with E-state index in [1.807, 2.05) is 0 Å². The molecule has 17 heavy (non-hydrogen) atoms. The van der Waals surface area contributed by atoms with Gasteiger partial charge in [-0.2, -0.15) is 0 Å². The molecule has 94 valence electrons. The minimum atomic E-state index is -1.29. The Balaban J connectivity index is 2.96. The third-order valence-corrected chi connectivity index (χ3v) is 2.38. The molecule has 0 saturated carbocycles. The number of nitrogens with two attached hydrogens (primary N) is 1. The van der Waals surface area contributed by atoms with Crippen LogP contribution in [0.15, 0.2) is 18.2 Å². The van der Waals surface area contributed by atoms with E-state index in [2.05, 4.69) is 0 Å². The molecule has 0 aromatic heterocycles. The van der Waals surface area contributed by atoms with Crippen molar-refractivity contribution in [2.75, 3.05) is 6.61 Å². The molecular formula is C12H15F2NO2. The molecule has 1 rings (SSSR count). The van der Waals surface area contributed by atoms with Crippen LogP contribution in [0.5, 0.6) is 0 Å². The second-order valence-electron chi connectivity index (χ2n) is 4.00. The molecule has 0 amide bonds.